The van der Waals surface area contributed by atoms with Crippen molar-refractivity contribution in [2.24, 2.45) is 11.3 Å². The lowest BCUT2D eigenvalue weighted by Crippen LogP contribution is -2.20. The van der Waals surface area contributed by atoms with Gasteiger partial charge in [0.25, 0.3) is 0 Å². The molecular formula is C10H20O. The van der Waals surface area contributed by atoms with Crippen molar-refractivity contribution in [3.8, 4) is 0 Å². The molecule has 66 valence electrons. The first kappa shape index (κ1) is 10.7. The average molecular weight is 156 g/mol. The third-order valence-electron chi connectivity index (χ3n) is 2.41. The van der Waals surface area contributed by atoms with E-state index >= 15 is 0 Å². The fourth-order valence-electron chi connectivity index (χ4n) is 0.792. The summed E-state index contributed by atoms with van der Waals surface area (Å²) in [6, 6.07) is 0. The predicted octanol–water partition coefficient (Wildman–Crippen LogP) is 3.04. The summed E-state index contributed by atoms with van der Waals surface area (Å²) in [5.74, 6) is 0.877. The third kappa shape index (κ3) is 4.18. The molecule has 0 N–H and O–H groups in total. The van der Waals surface area contributed by atoms with Gasteiger partial charge in [0.1, 0.15) is 5.78 Å². The summed E-state index contributed by atoms with van der Waals surface area (Å²) >= 11 is 0. The molecule has 0 aromatic carbocycles. The van der Waals surface area contributed by atoms with Crippen molar-refractivity contribution >= 4 is 5.78 Å². The first-order valence-electron chi connectivity index (χ1n) is 4.39. The maximum atomic E-state index is 11.1. The molecule has 0 unspecified atom stereocenters. The molecule has 0 spiro atoms. The van der Waals surface area contributed by atoms with E-state index in [0.717, 1.165) is 6.42 Å². The highest BCUT2D eigenvalue weighted by molar-refractivity contribution is 5.78. The van der Waals surface area contributed by atoms with E-state index in [2.05, 4.69) is 27.7 Å². The van der Waals surface area contributed by atoms with Crippen LogP contribution in [0, 0.1) is 11.3 Å². The Balaban J connectivity index is 3.87. The highest BCUT2D eigenvalue weighted by Gasteiger charge is 2.21. The highest BCUT2D eigenvalue weighted by Crippen LogP contribution is 2.28. The van der Waals surface area contributed by atoms with Crippen molar-refractivity contribution in [3.63, 3.8) is 0 Å². The molecule has 11 heavy (non-hydrogen) atoms. The maximum Gasteiger partial charge on any atom is 0.132 e. The molecule has 0 fully saturated rings. The molecule has 0 amide bonds. The van der Waals surface area contributed by atoms with Crippen molar-refractivity contribution in [3.05, 3.63) is 0 Å². The van der Waals surface area contributed by atoms with E-state index in [1.165, 1.54) is 0 Å². The second-order valence-corrected chi connectivity index (χ2v) is 4.36. The first-order valence-corrected chi connectivity index (χ1v) is 4.39. The number of hydrogen-bond donors (Lipinski definition) is 0. The zero-order chi connectivity index (χ0) is 9.07. The van der Waals surface area contributed by atoms with Gasteiger partial charge in [0.15, 0.2) is 0 Å². The SMILES string of the molecule is CCC(=O)C[C@H](C)C(C)(C)C. The van der Waals surface area contributed by atoms with E-state index in [9.17, 15) is 4.79 Å². The van der Waals surface area contributed by atoms with Crippen LogP contribution in [-0.4, -0.2) is 5.78 Å². The molecule has 0 heterocycles. The fourth-order valence-corrected chi connectivity index (χ4v) is 0.792. The van der Waals surface area contributed by atoms with Gasteiger partial charge in [-0.3, -0.25) is 4.79 Å². The van der Waals surface area contributed by atoms with Crippen LogP contribution in [0.2, 0.25) is 0 Å². The Morgan fingerprint density at radius 3 is 2.09 bits per heavy atom. The Hall–Kier alpha value is -0.330. The fraction of sp³-hybridized carbons (Fsp3) is 0.900. The summed E-state index contributed by atoms with van der Waals surface area (Å²) in [5.41, 5.74) is 0.269. The molecule has 0 aromatic heterocycles. The van der Waals surface area contributed by atoms with E-state index in [4.69, 9.17) is 0 Å². The monoisotopic (exact) mass is 156 g/mol. The predicted molar refractivity (Wildman–Crippen MR) is 48.5 cm³/mol. The molecule has 0 aliphatic carbocycles. The second kappa shape index (κ2) is 3.89. The van der Waals surface area contributed by atoms with Crippen LogP contribution in [0.4, 0.5) is 0 Å². The molecular weight excluding hydrogens is 136 g/mol. The smallest absolute Gasteiger partial charge is 0.132 e. The van der Waals surface area contributed by atoms with Crippen LogP contribution >= 0.6 is 0 Å². The van der Waals surface area contributed by atoms with Gasteiger partial charge in [0, 0.05) is 12.8 Å². The summed E-state index contributed by atoms with van der Waals surface area (Å²) in [6.45, 7) is 10.6. The van der Waals surface area contributed by atoms with Crippen molar-refractivity contribution in [1.82, 2.24) is 0 Å². The first-order chi connectivity index (χ1) is 4.88. The van der Waals surface area contributed by atoms with Gasteiger partial charge in [-0.05, 0) is 11.3 Å². The van der Waals surface area contributed by atoms with Crippen molar-refractivity contribution in [2.75, 3.05) is 0 Å². The van der Waals surface area contributed by atoms with Crippen LogP contribution in [0.15, 0.2) is 0 Å². The number of ketones is 1. The second-order valence-electron chi connectivity index (χ2n) is 4.36. The topological polar surface area (TPSA) is 17.1 Å². The molecule has 0 radical (unpaired) electrons. The van der Waals surface area contributed by atoms with Gasteiger partial charge < -0.3 is 0 Å². The minimum atomic E-state index is 0.269. The van der Waals surface area contributed by atoms with Crippen LogP contribution in [-0.2, 0) is 4.79 Å². The average Bonchev–Trinajstić information content (AvgIpc) is 1.85. The lowest BCUT2D eigenvalue weighted by atomic mass is 9.79. The minimum absolute atomic E-state index is 0.269. The van der Waals surface area contributed by atoms with Gasteiger partial charge in [-0.15, -0.1) is 0 Å². The zero-order valence-electron chi connectivity index (χ0n) is 8.40. The summed E-state index contributed by atoms with van der Waals surface area (Å²) in [7, 11) is 0. The summed E-state index contributed by atoms with van der Waals surface area (Å²) < 4.78 is 0. The van der Waals surface area contributed by atoms with Gasteiger partial charge in [-0.2, -0.15) is 0 Å². The van der Waals surface area contributed by atoms with Gasteiger partial charge in [0.05, 0.1) is 0 Å². The van der Waals surface area contributed by atoms with E-state index in [0.29, 0.717) is 18.1 Å². The molecule has 0 aliphatic rings. The molecule has 0 rings (SSSR count). The van der Waals surface area contributed by atoms with Crippen LogP contribution in [0.3, 0.4) is 0 Å². The molecule has 1 nitrogen and oxygen atoms in total. The van der Waals surface area contributed by atoms with E-state index in [1.54, 1.807) is 0 Å². The van der Waals surface area contributed by atoms with Crippen LogP contribution in [0.25, 0.3) is 0 Å². The van der Waals surface area contributed by atoms with Gasteiger partial charge in [-0.1, -0.05) is 34.6 Å². The Labute approximate surface area is 70.2 Å². The van der Waals surface area contributed by atoms with Gasteiger partial charge in [-0.25, -0.2) is 0 Å². The molecule has 0 aromatic rings. The van der Waals surface area contributed by atoms with Crippen LogP contribution in [0.1, 0.15) is 47.5 Å². The Morgan fingerprint density at radius 1 is 1.36 bits per heavy atom. The molecule has 0 aliphatic heterocycles. The lowest BCUT2D eigenvalue weighted by Gasteiger charge is -2.26. The number of carbonyl (C=O) groups excluding carboxylic acids is 1. The Morgan fingerprint density at radius 2 is 1.82 bits per heavy atom. The van der Waals surface area contributed by atoms with Crippen molar-refractivity contribution in [1.29, 1.82) is 0 Å². The van der Waals surface area contributed by atoms with Crippen molar-refractivity contribution < 1.29 is 4.79 Å². The molecule has 0 saturated heterocycles. The Bertz CT molecular complexity index is 130. The van der Waals surface area contributed by atoms with Crippen LogP contribution in [0.5, 0.6) is 0 Å². The summed E-state index contributed by atoms with van der Waals surface area (Å²) in [4.78, 5) is 11.1. The number of Topliss-reactive ketones (excluding diaryl/α,β-unsaturated/α-hetero) is 1. The number of carbonyl (C=O) groups is 1. The zero-order valence-corrected chi connectivity index (χ0v) is 8.40. The highest BCUT2D eigenvalue weighted by atomic mass is 16.1. The minimum Gasteiger partial charge on any atom is -0.300 e. The summed E-state index contributed by atoms with van der Waals surface area (Å²) in [5, 5.41) is 0. The normalized spacial score (nSPS) is 14.6. The van der Waals surface area contributed by atoms with E-state index < -0.39 is 0 Å². The summed E-state index contributed by atoms with van der Waals surface area (Å²) in [6.07, 6.45) is 1.42. The maximum absolute atomic E-state index is 11.1. The van der Waals surface area contributed by atoms with Gasteiger partial charge in [0.2, 0.25) is 0 Å². The number of rotatable bonds is 3. The molecule has 1 heteroatoms. The van der Waals surface area contributed by atoms with E-state index in [1.807, 2.05) is 6.92 Å². The van der Waals surface area contributed by atoms with Gasteiger partial charge >= 0.3 is 0 Å². The molecule has 0 bridgehead atoms. The van der Waals surface area contributed by atoms with E-state index in [-0.39, 0.29) is 5.41 Å². The van der Waals surface area contributed by atoms with Crippen LogP contribution < -0.4 is 0 Å². The Kier molecular flexibility index (Phi) is 3.77. The van der Waals surface area contributed by atoms with Crippen molar-refractivity contribution in [2.45, 2.75) is 47.5 Å². The quantitative estimate of drug-likeness (QED) is 0.614. The third-order valence-corrected chi connectivity index (χ3v) is 2.41. The standard InChI is InChI=1S/C10H20O/c1-6-9(11)7-8(2)10(3,4)5/h8H,6-7H2,1-5H3/t8-/m0/s1. The number of hydrogen-bond acceptors (Lipinski definition) is 1. The largest absolute Gasteiger partial charge is 0.300 e. The molecule has 1 atom stereocenters. The molecule has 0 saturated carbocycles. The lowest BCUT2D eigenvalue weighted by molar-refractivity contribution is -0.120.